The summed E-state index contributed by atoms with van der Waals surface area (Å²) >= 11 is 0. The molecule has 0 amide bonds. The number of ether oxygens (including phenoxy) is 2. The molecule has 3 nitrogen and oxygen atoms in total. The molecule has 2 saturated heterocycles. The summed E-state index contributed by atoms with van der Waals surface area (Å²) in [7, 11) is 0. The summed E-state index contributed by atoms with van der Waals surface area (Å²) in [6, 6.07) is 0. The second kappa shape index (κ2) is 4.38. The molecule has 0 radical (unpaired) electrons. The molecule has 2 heterocycles. The first kappa shape index (κ1) is 11.7. The van der Waals surface area contributed by atoms with E-state index in [1.807, 2.05) is 6.08 Å². The van der Waals surface area contributed by atoms with Gasteiger partial charge in [0, 0.05) is 19.6 Å². The van der Waals surface area contributed by atoms with Crippen molar-refractivity contribution >= 4 is 0 Å². The lowest BCUT2D eigenvalue weighted by Crippen LogP contribution is -2.48. The van der Waals surface area contributed by atoms with Gasteiger partial charge in [0.15, 0.2) is 0 Å². The van der Waals surface area contributed by atoms with Gasteiger partial charge < -0.3 is 14.6 Å². The second-order valence-electron chi connectivity index (χ2n) is 5.81. The van der Waals surface area contributed by atoms with E-state index < -0.39 is 5.60 Å². The van der Waals surface area contributed by atoms with E-state index >= 15 is 0 Å². The van der Waals surface area contributed by atoms with Gasteiger partial charge in [-0.05, 0) is 38.0 Å². The van der Waals surface area contributed by atoms with Crippen LogP contribution < -0.4 is 0 Å². The fourth-order valence-electron chi connectivity index (χ4n) is 3.53. The van der Waals surface area contributed by atoms with Gasteiger partial charge in [-0.3, -0.25) is 0 Å². The molecule has 0 aromatic carbocycles. The molecule has 3 aliphatic rings. The minimum absolute atomic E-state index is 0.0933. The highest BCUT2D eigenvalue weighted by Gasteiger charge is 2.46. The Bertz CT molecular complexity index is 307. The van der Waals surface area contributed by atoms with E-state index in [1.54, 1.807) is 0 Å². The van der Waals surface area contributed by atoms with Crippen molar-refractivity contribution < 1.29 is 14.6 Å². The maximum Gasteiger partial charge on any atom is 0.0940 e. The molecule has 1 aliphatic carbocycles. The van der Waals surface area contributed by atoms with E-state index in [-0.39, 0.29) is 5.60 Å². The van der Waals surface area contributed by atoms with E-state index in [4.69, 9.17) is 9.47 Å². The highest BCUT2D eigenvalue weighted by Crippen LogP contribution is 2.43. The normalized spacial score (nSPS) is 46.5. The van der Waals surface area contributed by atoms with Crippen molar-refractivity contribution in [2.24, 2.45) is 5.92 Å². The molecule has 17 heavy (non-hydrogen) atoms. The van der Waals surface area contributed by atoms with Gasteiger partial charge in [-0.1, -0.05) is 12.2 Å². The van der Waals surface area contributed by atoms with Crippen molar-refractivity contribution in [3.05, 3.63) is 12.2 Å². The van der Waals surface area contributed by atoms with E-state index in [0.717, 1.165) is 51.7 Å². The predicted molar refractivity (Wildman–Crippen MR) is 64.8 cm³/mol. The summed E-state index contributed by atoms with van der Waals surface area (Å²) in [4.78, 5) is 0. The van der Waals surface area contributed by atoms with Crippen molar-refractivity contribution in [3.8, 4) is 0 Å². The summed E-state index contributed by atoms with van der Waals surface area (Å²) in [5.74, 6) is 0.342. The van der Waals surface area contributed by atoms with Crippen LogP contribution in [0.25, 0.3) is 0 Å². The van der Waals surface area contributed by atoms with Gasteiger partial charge in [-0.25, -0.2) is 0 Å². The Labute approximate surface area is 103 Å². The zero-order chi connectivity index (χ0) is 11.8. The van der Waals surface area contributed by atoms with Crippen LogP contribution >= 0.6 is 0 Å². The molecular formula is C14H22O3. The van der Waals surface area contributed by atoms with Gasteiger partial charge in [-0.2, -0.15) is 0 Å². The van der Waals surface area contributed by atoms with Crippen LogP contribution in [0.1, 0.15) is 38.5 Å². The van der Waals surface area contributed by atoms with Crippen LogP contribution in [0.4, 0.5) is 0 Å². The standard InChI is InChI=1S/C14H22O3/c15-14(5-2-1-3-6-14)12-4-8-17-13(10-12)7-9-16-11-13/h2,5,12,15H,1,3-4,6-11H2. The Hall–Kier alpha value is -0.380. The molecule has 2 fully saturated rings. The first-order valence-corrected chi connectivity index (χ1v) is 6.84. The zero-order valence-corrected chi connectivity index (χ0v) is 10.4. The summed E-state index contributed by atoms with van der Waals surface area (Å²) in [5.41, 5.74) is -0.679. The van der Waals surface area contributed by atoms with E-state index in [2.05, 4.69) is 6.08 Å². The number of hydrogen-bond acceptors (Lipinski definition) is 3. The maximum absolute atomic E-state index is 10.8. The smallest absolute Gasteiger partial charge is 0.0940 e. The molecule has 3 atom stereocenters. The molecule has 3 rings (SSSR count). The van der Waals surface area contributed by atoms with Gasteiger partial charge in [0.2, 0.25) is 0 Å². The molecule has 3 unspecified atom stereocenters. The highest BCUT2D eigenvalue weighted by molar-refractivity contribution is 5.10. The van der Waals surface area contributed by atoms with E-state index in [0.29, 0.717) is 12.5 Å². The molecule has 1 N–H and O–H groups in total. The Balaban J connectivity index is 1.74. The molecule has 3 heteroatoms. The topological polar surface area (TPSA) is 38.7 Å². The van der Waals surface area contributed by atoms with Crippen molar-refractivity contribution in [1.82, 2.24) is 0 Å². The predicted octanol–water partition coefficient (Wildman–Crippen LogP) is 2.04. The SMILES string of the molecule is OC1(C2CCOC3(CCOC3)C2)C=CCCC1. The van der Waals surface area contributed by atoms with Gasteiger partial charge in [0.25, 0.3) is 0 Å². The third-order valence-corrected chi connectivity index (χ3v) is 4.62. The Morgan fingerprint density at radius 1 is 1.24 bits per heavy atom. The first-order valence-electron chi connectivity index (χ1n) is 6.84. The van der Waals surface area contributed by atoms with Gasteiger partial charge in [-0.15, -0.1) is 0 Å². The summed E-state index contributed by atoms with van der Waals surface area (Å²) in [6.45, 7) is 2.29. The van der Waals surface area contributed by atoms with Crippen LogP contribution in [0.5, 0.6) is 0 Å². The van der Waals surface area contributed by atoms with Gasteiger partial charge in [0.05, 0.1) is 17.8 Å². The molecule has 2 aliphatic heterocycles. The monoisotopic (exact) mass is 238 g/mol. The molecule has 0 bridgehead atoms. The van der Waals surface area contributed by atoms with Crippen molar-refractivity contribution in [3.63, 3.8) is 0 Å². The number of allylic oxidation sites excluding steroid dienone is 1. The Kier molecular flexibility index (Phi) is 3.01. The van der Waals surface area contributed by atoms with Crippen LogP contribution in [0.3, 0.4) is 0 Å². The minimum atomic E-state index is -0.586. The second-order valence-corrected chi connectivity index (χ2v) is 5.81. The van der Waals surface area contributed by atoms with E-state index in [9.17, 15) is 5.11 Å². The fourth-order valence-corrected chi connectivity index (χ4v) is 3.53. The third kappa shape index (κ3) is 2.16. The van der Waals surface area contributed by atoms with Crippen LogP contribution in [-0.2, 0) is 9.47 Å². The summed E-state index contributed by atoms with van der Waals surface area (Å²) < 4.78 is 11.4. The van der Waals surface area contributed by atoms with Crippen LogP contribution in [-0.4, -0.2) is 36.1 Å². The molecule has 1 spiro atoms. The lowest BCUT2D eigenvalue weighted by Gasteiger charge is -2.44. The molecule has 0 saturated carbocycles. The lowest BCUT2D eigenvalue weighted by molar-refractivity contribution is -0.133. The number of aliphatic hydroxyl groups is 1. The first-order chi connectivity index (χ1) is 8.23. The Morgan fingerprint density at radius 3 is 2.88 bits per heavy atom. The van der Waals surface area contributed by atoms with Crippen LogP contribution in [0.15, 0.2) is 12.2 Å². The zero-order valence-electron chi connectivity index (χ0n) is 10.4. The fraction of sp³-hybridized carbons (Fsp3) is 0.857. The van der Waals surface area contributed by atoms with Crippen molar-refractivity contribution in [2.45, 2.75) is 49.7 Å². The molecule has 0 aromatic rings. The number of hydrogen-bond donors (Lipinski definition) is 1. The van der Waals surface area contributed by atoms with Crippen LogP contribution in [0, 0.1) is 5.92 Å². The Morgan fingerprint density at radius 2 is 2.18 bits per heavy atom. The summed E-state index contributed by atoms with van der Waals surface area (Å²) in [6.07, 6.45) is 10.2. The molecule has 96 valence electrons. The molecule has 0 aromatic heterocycles. The van der Waals surface area contributed by atoms with Crippen molar-refractivity contribution in [2.75, 3.05) is 19.8 Å². The quantitative estimate of drug-likeness (QED) is 0.711. The van der Waals surface area contributed by atoms with Gasteiger partial charge in [0.1, 0.15) is 0 Å². The lowest BCUT2D eigenvalue weighted by atomic mass is 9.72. The summed E-state index contributed by atoms with van der Waals surface area (Å²) in [5, 5.41) is 10.8. The maximum atomic E-state index is 10.8. The average molecular weight is 238 g/mol. The van der Waals surface area contributed by atoms with Crippen molar-refractivity contribution in [1.29, 1.82) is 0 Å². The van der Waals surface area contributed by atoms with E-state index in [1.165, 1.54) is 0 Å². The third-order valence-electron chi connectivity index (χ3n) is 4.62. The largest absolute Gasteiger partial charge is 0.386 e. The van der Waals surface area contributed by atoms with Gasteiger partial charge >= 0.3 is 0 Å². The average Bonchev–Trinajstić information content (AvgIpc) is 2.78. The van der Waals surface area contributed by atoms with Crippen LogP contribution in [0.2, 0.25) is 0 Å². The number of rotatable bonds is 1. The minimum Gasteiger partial charge on any atom is -0.386 e. The molecular weight excluding hydrogens is 216 g/mol. The highest BCUT2D eigenvalue weighted by atomic mass is 16.6.